The van der Waals surface area contributed by atoms with Crippen molar-refractivity contribution in [3.63, 3.8) is 0 Å². The topological polar surface area (TPSA) is 44.8 Å². The number of benzene rings is 1. The number of rotatable bonds is 3. The van der Waals surface area contributed by atoms with Gasteiger partial charge in [-0.15, -0.1) is 0 Å². The molecule has 4 nitrogen and oxygen atoms in total. The van der Waals surface area contributed by atoms with Crippen molar-refractivity contribution in [2.45, 2.75) is 18.1 Å². The molecule has 0 amide bonds. The molecule has 1 aromatic rings. The second kappa shape index (κ2) is 4.13. The van der Waals surface area contributed by atoms with Crippen LogP contribution >= 0.6 is 0 Å². The molecular formula is C13H14O4. The van der Waals surface area contributed by atoms with Gasteiger partial charge in [-0.1, -0.05) is 18.2 Å². The lowest BCUT2D eigenvalue weighted by molar-refractivity contribution is -0.116. The molecule has 2 heterocycles. The zero-order valence-corrected chi connectivity index (χ0v) is 9.43. The van der Waals surface area contributed by atoms with Gasteiger partial charge in [-0.05, 0) is 12.1 Å². The predicted molar refractivity (Wildman–Crippen MR) is 59.8 cm³/mol. The maximum absolute atomic E-state index is 11.8. The van der Waals surface area contributed by atoms with Gasteiger partial charge in [-0.25, -0.2) is 4.79 Å². The van der Waals surface area contributed by atoms with Crippen molar-refractivity contribution in [2.75, 3.05) is 19.8 Å². The summed E-state index contributed by atoms with van der Waals surface area (Å²) >= 11 is 0. The number of esters is 1. The van der Waals surface area contributed by atoms with Crippen LogP contribution in [-0.2, 0) is 14.2 Å². The second-order valence-corrected chi connectivity index (χ2v) is 4.57. The molecule has 0 N–H and O–H groups in total. The highest BCUT2D eigenvalue weighted by atomic mass is 16.6. The van der Waals surface area contributed by atoms with Crippen LogP contribution < -0.4 is 0 Å². The first-order chi connectivity index (χ1) is 8.27. The number of ether oxygens (including phenoxy) is 3. The first-order valence-electron chi connectivity index (χ1n) is 5.75. The Bertz CT molecular complexity index is 407. The normalized spacial score (nSPS) is 30.5. The fourth-order valence-corrected chi connectivity index (χ4v) is 2.28. The van der Waals surface area contributed by atoms with Crippen molar-refractivity contribution in [3.8, 4) is 0 Å². The number of carbonyl (C=O) groups excluding carboxylic acids is 1. The van der Waals surface area contributed by atoms with Gasteiger partial charge in [0.1, 0.15) is 12.2 Å². The van der Waals surface area contributed by atoms with E-state index in [1.54, 1.807) is 12.1 Å². The minimum absolute atomic E-state index is 0.186. The highest BCUT2D eigenvalue weighted by Gasteiger charge is 2.48. The number of fused-ring (bicyclic) bond motifs is 2. The van der Waals surface area contributed by atoms with Crippen LogP contribution in [0.5, 0.6) is 0 Å². The van der Waals surface area contributed by atoms with E-state index >= 15 is 0 Å². The van der Waals surface area contributed by atoms with Crippen LogP contribution in [-0.4, -0.2) is 37.5 Å². The quantitative estimate of drug-likeness (QED) is 0.742. The Morgan fingerprint density at radius 1 is 1.41 bits per heavy atom. The van der Waals surface area contributed by atoms with Crippen molar-refractivity contribution in [1.82, 2.24) is 0 Å². The summed E-state index contributed by atoms with van der Waals surface area (Å²) in [5, 5.41) is 0. The summed E-state index contributed by atoms with van der Waals surface area (Å²) in [6, 6.07) is 8.98. The van der Waals surface area contributed by atoms with Crippen molar-refractivity contribution >= 4 is 5.97 Å². The van der Waals surface area contributed by atoms with E-state index < -0.39 is 5.60 Å². The van der Waals surface area contributed by atoms with Gasteiger partial charge in [0.15, 0.2) is 0 Å². The Morgan fingerprint density at radius 3 is 2.82 bits per heavy atom. The Morgan fingerprint density at radius 2 is 2.24 bits per heavy atom. The van der Waals surface area contributed by atoms with Crippen LogP contribution in [0, 0.1) is 0 Å². The SMILES string of the molecule is O=C(OCC12COC(CO1)C2)c1ccccc1. The van der Waals surface area contributed by atoms with Crippen LogP contribution in [0.3, 0.4) is 0 Å². The fourth-order valence-electron chi connectivity index (χ4n) is 2.28. The summed E-state index contributed by atoms with van der Waals surface area (Å²) in [5.74, 6) is -0.307. The van der Waals surface area contributed by atoms with Crippen LogP contribution in [0.25, 0.3) is 0 Å². The summed E-state index contributed by atoms with van der Waals surface area (Å²) in [4.78, 5) is 11.8. The molecule has 90 valence electrons. The number of hydrogen-bond donors (Lipinski definition) is 0. The summed E-state index contributed by atoms with van der Waals surface area (Å²) < 4.78 is 16.4. The van der Waals surface area contributed by atoms with E-state index in [4.69, 9.17) is 14.2 Å². The van der Waals surface area contributed by atoms with Gasteiger partial charge in [0.05, 0.1) is 24.9 Å². The molecule has 2 saturated heterocycles. The summed E-state index contributed by atoms with van der Waals surface area (Å²) in [6.45, 7) is 1.42. The monoisotopic (exact) mass is 234 g/mol. The molecule has 3 rings (SSSR count). The van der Waals surface area contributed by atoms with Crippen LogP contribution in [0.4, 0.5) is 0 Å². The Hall–Kier alpha value is -1.39. The molecule has 0 aromatic heterocycles. The van der Waals surface area contributed by atoms with Gasteiger partial charge in [0, 0.05) is 6.42 Å². The predicted octanol–water partition coefficient (Wildman–Crippen LogP) is 1.40. The lowest BCUT2D eigenvalue weighted by Gasteiger charge is -2.25. The summed E-state index contributed by atoms with van der Waals surface area (Å²) in [5.41, 5.74) is 0.173. The van der Waals surface area contributed by atoms with Gasteiger partial charge in [-0.2, -0.15) is 0 Å². The molecule has 17 heavy (non-hydrogen) atoms. The van der Waals surface area contributed by atoms with Crippen molar-refractivity contribution in [3.05, 3.63) is 35.9 Å². The van der Waals surface area contributed by atoms with E-state index in [0.29, 0.717) is 18.8 Å². The minimum atomic E-state index is -0.394. The van der Waals surface area contributed by atoms with Crippen LogP contribution in [0.15, 0.2) is 30.3 Å². The molecule has 2 unspecified atom stereocenters. The molecule has 2 fully saturated rings. The molecule has 1 aromatic carbocycles. The van der Waals surface area contributed by atoms with E-state index in [0.717, 1.165) is 6.42 Å². The summed E-state index contributed by atoms with van der Waals surface area (Å²) in [7, 11) is 0. The van der Waals surface area contributed by atoms with E-state index in [1.807, 2.05) is 18.2 Å². The van der Waals surface area contributed by atoms with E-state index in [9.17, 15) is 4.79 Å². The van der Waals surface area contributed by atoms with Gasteiger partial charge in [0.2, 0.25) is 0 Å². The van der Waals surface area contributed by atoms with Crippen molar-refractivity contribution < 1.29 is 19.0 Å². The maximum atomic E-state index is 11.8. The van der Waals surface area contributed by atoms with Gasteiger partial charge >= 0.3 is 5.97 Å². The second-order valence-electron chi connectivity index (χ2n) is 4.57. The van der Waals surface area contributed by atoms with E-state index in [-0.39, 0.29) is 18.7 Å². The first kappa shape index (κ1) is 10.7. The Balaban J connectivity index is 1.60. The molecule has 2 bridgehead atoms. The maximum Gasteiger partial charge on any atom is 0.338 e. The van der Waals surface area contributed by atoms with E-state index in [1.165, 1.54) is 0 Å². The number of hydrogen-bond acceptors (Lipinski definition) is 4. The fraction of sp³-hybridized carbons (Fsp3) is 0.462. The van der Waals surface area contributed by atoms with Crippen LogP contribution in [0.1, 0.15) is 16.8 Å². The Labute approximate surface area is 99.5 Å². The third-order valence-corrected chi connectivity index (χ3v) is 3.23. The smallest absolute Gasteiger partial charge is 0.338 e. The molecule has 2 aliphatic rings. The number of carbonyl (C=O) groups is 1. The third kappa shape index (κ3) is 2.06. The van der Waals surface area contributed by atoms with Gasteiger partial charge < -0.3 is 14.2 Å². The molecule has 2 atom stereocenters. The summed E-state index contributed by atoms with van der Waals surface area (Å²) in [6.07, 6.45) is 1.01. The lowest BCUT2D eigenvalue weighted by atomic mass is 10.0. The third-order valence-electron chi connectivity index (χ3n) is 3.23. The molecule has 0 spiro atoms. The minimum Gasteiger partial charge on any atom is -0.459 e. The van der Waals surface area contributed by atoms with E-state index in [2.05, 4.69) is 0 Å². The molecule has 0 saturated carbocycles. The van der Waals surface area contributed by atoms with Gasteiger partial charge in [0.25, 0.3) is 0 Å². The first-order valence-corrected chi connectivity index (χ1v) is 5.75. The molecule has 0 radical (unpaired) electrons. The highest BCUT2D eigenvalue weighted by Crippen LogP contribution is 2.35. The molecule has 4 heteroatoms. The average Bonchev–Trinajstić information content (AvgIpc) is 2.98. The molecular weight excluding hydrogens is 220 g/mol. The zero-order chi connectivity index (χ0) is 11.7. The van der Waals surface area contributed by atoms with Crippen molar-refractivity contribution in [1.29, 1.82) is 0 Å². The highest BCUT2D eigenvalue weighted by molar-refractivity contribution is 5.89. The average molecular weight is 234 g/mol. The van der Waals surface area contributed by atoms with Gasteiger partial charge in [-0.3, -0.25) is 0 Å². The zero-order valence-electron chi connectivity index (χ0n) is 9.43. The Kier molecular flexibility index (Phi) is 2.61. The lowest BCUT2D eigenvalue weighted by Crippen LogP contribution is -2.38. The molecule has 2 aliphatic heterocycles. The largest absolute Gasteiger partial charge is 0.459 e. The van der Waals surface area contributed by atoms with Crippen molar-refractivity contribution in [2.24, 2.45) is 0 Å². The van der Waals surface area contributed by atoms with Crippen LogP contribution in [0.2, 0.25) is 0 Å². The standard InChI is InChI=1S/C13H14O4/c14-12(10-4-2-1-3-5-10)16-9-13-6-11(7-17-13)15-8-13/h1-5,11H,6-9H2. The molecule has 0 aliphatic carbocycles.